The van der Waals surface area contributed by atoms with Crippen molar-refractivity contribution in [1.82, 2.24) is 29.9 Å². The van der Waals surface area contributed by atoms with Crippen LogP contribution in [0.1, 0.15) is 10.4 Å². The van der Waals surface area contributed by atoms with Crippen LogP contribution in [0.3, 0.4) is 0 Å². The van der Waals surface area contributed by atoms with Gasteiger partial charge in [-0.1, -0.05) is 0 Å². The molecule has 9 heteroatoms. The Bertz CT molecular complexity index is 890. The summed E-state index contributed by atoms with van der Waals surface area (Å²) in [6.07, 6.45) is 5.95. The first-order valence-corrected chi connectivity index (χ1v) is 8.20. The van der Waals surface area contributed by atoms with Gasteiger partial charge in [0.2, 0.25) is 0 Å². The molecule has 1 amide bonds. The molecule has 26 heavy (non-hydrogen) atoms. The summed E-state index contributed by atoms with van der Waals surface area (Å²) in [4.78, 5) is 19.8. The van der Waals surface area contributed by atoms with Crippen LogP contribution >= 0.6 is 0 Å². The minimum Gasteiger partial charge on any atom is -0.352 e. The summed E-state index contributed by atoms with van der Waals surface area (Å²) < 4.78 is 15.4. The molecule has 0 bridgehead atoms. The predicted octanol–water partition coefficient (Wildman–Crippen LogP) is 1.16. The van der Waals surface area contributed by atoms with Crippen LogP contribution in [0.25, 0.3) is 5.82 Å². The molecule has 0 aromatic carbocycles. The van der Waals surface area contributed by atoms with Crippen LogP contribution in [0, 0.1) is 5.82 Å². The summed E-state index contributed by atoms with van der Waals surface area (Å²) in [5, 5.41) is 12.5. The zero-order valence-electron chi connectivity index (χ0n) is 13.9. The Kier molecular flexibility index (Phi) is 4.26. The van der Waals surface area contributed by atoms with Crippen molar-refractivity contribution in [3.05, 3.63) is 60.4 Å². The van der Waals surface area contributed by atoms with Crippen LogP contribution in [-0.2, 0) is 0 Å². The van der Waals surface area contributed by atoms with E-state index in [1.54, 1.807) is 22.0 Å². The van der Waals surface area contributed by atoms with Crippen LogP contribution in [0.4, 0.5) is 10.2 Å². The third-order valence-electron chi connectivity index (χ3n) is 4.27. The van der Waals surface area contributed by atoms with Gasteiger partial charge < -0.3 is 9.80 Å². The summed E-state index contributed by atoms with van der Waals surface area (Å²) in [6.45, 7) is 2.19. The summed E-state index contributed by atoms with van der Waals surface area (Å²) in [6, 6.07) is 6.95. The summed E-state index contributed by atoms with van der Waals surface area (Å²) in [7, 11) is 0. The van der Waals surface area contributed by atoms with Crippen LogP contribution in [0.15, 0.2) is 49.1 Å². The molecule has 0 atom stereocenters. The number of rotatable bonds is 3. The molecule has 0 spiro atoms. The fourth-order valence-electron chi connectivity index (χ4n) is 2.87. The summed E-state index contributed by atoms with van der Waals surface area (Å²) in [5.41, 5.74) is 0.0526. The SMILES string of the molecule is O=C(c1ccncc1F)N1CCN(c2ccc(-n3cccn3)nn2)CC1. The number of halogens is 1. The molecule has 0 unspecified atom stereocenters. The highest BCUT2D eigenvalue weighted by Gasteiger charge is 2.24. The molecule has 0 radical (unpaired) electrons. The predicted molar refractivity (Wildman–Crippen MR) is 91.5 cm³/mol. The van der Waals surface area contributed by atoms with Crippen molar-refractivity contribution in [2.75, 3.05) is 31.1 Å². The van der Waals surface area contributed by atoms with Gasteiger partial charge in [-0.25, -0.2) is 9.07 Å². The summed E-state index contributed by atoms with van der Waals surface area (Å²) >= 11 is 0. The fraction of sp³-hybridized carbons (Fsp3) is 0.235. The first kappa shape index (κ1) is 16.1. The molecule has 8 nitrogen and oxygen atoms in total. The zero-order chi connectivity index (χ0) is 17.9. The van der Waals surface area contributed by atoms with Gasteiger partial charge in [0, 0.05) is 44.8 Å². The lowest BCUT2D eigenvalue weighted by Gasteiger charge is -2.35. The first-order chi connectivity index (χ1) is 12.7. The molecule has 0 aliphatic carbocycles. The maximum absolute atomic E-state index is 13.7. The van der Waals surface area contributed by atoms with Crippen molar-refractivity contribution in [3.63, 3.8) is 0 Å². The second-order valence-corrected chi connectivity index (χ2v) is 5.84. The van der Waals surface area contributed by atoms with Crippen molar-refractivity contribution in [1.29, 1.82) is 0 Å². The van der Waals surface area contributed by atoms with E-state index in [0.717, 1.165) is 12.0 Å². The van der Waals surface area contributed by atoms with Crippen molar-refractivity contribution in [2.45, 2.75) is 0 Å². The Morgan fingerprint density at radius 2 is 1.77 bits per heavy atom. The van der Waals surface area contributed by atoms with E-state index in [4.69, 9.17) is 0 Å². The maximum atomic E-state index is 13.7. The van der Waals surface area contributed by atoms with Gasteiger partial charge in [-0.05, 0) is 24.3 Å². The number of carbonyl (C=O) groups is 1. The lowest BCUT2D eigenvalue weighted by Crippen LogP contribution is -2.49. The fourth-order valence-corrected chi connectivity index (χ4v) is 2.87. The standard InChI is InChI=1S/C17H16FN7O/c18-14-12-19-6-4-13(14)17(26)24-10-8-23(9-11-24)15-2-3-16(22-21-15)25-7-1-5-20-25/h1-7,12H,8-11H2. The molecule has 1 fully saturated rings. The smallest absolute Gasteiger partial charge is 0.257 e. The summed E-state index contributed by atoms with van der Waals surface area (Å²) in [5.74, 6) is 0.466. The maximum Gasteiger partial charge on any atom is 0.257 e. The van der Waals surface area contributed by atoms with E-state index >= 15 is 0 Å². The van der Waals surface area contributed by atoms with E-state index in [-0.39, 0.29) is 11.5 Å². The Hall–Kier alpha value is -3.36. The second-order valence-electron chi connectivity index (χ2n) is 5.84. The molecular weight excluding hydrogens is 337 g/mol. The van der Waals surface area contributed by atoms with Gasteiger partial charge in [-0.2, -0.15) is 5.10 Å². The number of amides is 1. The number of nitrogens with zero attached hydrogens (tertiary/aromatic N) is 7. The number of pyridine rings is 1. The molecule has 132 valence electrons. The first-order valence-electron chi connectivity index (χ1n) is 8.20. The lowest BCUT2D eigenvalue weighted by molar-refractivity contribution is 0.0741. The minimum absolute atomic E-state index is 0.0526. The molecule has 1 saturated heterocycles. The largest absolute Gasteiger partial charge is 0.352 e. The van der Waals surface area contributed by atoms with E-state index in [9.17, 15) is 9.18 Å². The van der Waals surface area contributed by atoms with Crippen molar-refractivity contribution >= 4 is 11.7 Å². The van der Waals surface area contributed by atoms with Crippen molar-refractivity contribution < 1.29 is 9.18 Å². The van der Waals surface area contributed by atoms with Crippen LogP contribution < -0.4 is 4.90 Å². The quantitative estimate of drug-likeness (QED) is 0.703. The molecule has 4 heterocycles. The number of hydrogen-bond acceptors (Lipinski definition) is 6. The number of hydrogen-bond donors (Lipinski definition) is 0. The molecule has 0 saturated carbocycles. The van der Waals surface area contributed by atoms with Crippen molar-refractivity contribution in [2.24, 2.45) is 0 Å². The third kappa shape index (κ3) is 3.10. The monoisotopic (exact) mass is 353 g/mol. The van der Waals surface area contributed by atoms with Crippen LogP contribution in [0.5, 0.6) is 0 Å². The highest BCUT2D eigenvalue weighted by molar-refractivity contribution is 5.94. The Morgan fingerprint density at radius 3 is 2.42 bits per heavy atom. The number of anilines is 1. The van der Waals surface area contributed by atoms with Gasteiger partial charge in [0.15, 0.2) is 17.5 Å². The van der Waals surface area contributed by atoms with Gasteiger partial charge in [0.25, 0.3) is 5.91 Å². The van der Waals surface area contributed by atoms with Crippen LogP contribution in [-0.4, -0.2) is 61.9 Å². The molecule has 3 aromatic rings. The lowest BCUT2D eigenvalue weighted by atomic mass is 10.2. The van der Waals surface area contributed by atoms with Gasteiger partial charge in [-0.15, -0.1) is 10.2 Å². The highest BCUT2D eigenvalue weighted by atomic mass is 19.1. The Morgan fingerprint density at radius 1 is 1.00 bits per heavy atom. The second kappa shape index (κ2) is 6.87. The number of carbonyl (C=O) groups excluding carboxylic acids is 1. The molecule has 1 aliphatic rings. The number of aromatic nitrogens is 5. The highest BCUT2D eigenvalue weighted by Crippen LogP contribution is 2.16. The molecule has 0 N–H and O–H groups in total. The topological polar surface area (TPSA) is 80.0 Å². The third-order valence-corrected chi connectivity index (χ3v) is 4.27. The van der Waals surface area contributed by atoms with Crippen LogP contribution in [0.2, 0.25) is 0 Å². The van der Waals surface area contributed by atoms with E-state index in [1.165, 1.54) is 12.3 Å². The zero-order valence-corrected chi connectivity index (χ0v) is 13.9. The average molecular weight is 353 g/mol. The van der Waals surface area contributed by atoms with Gasteiger partial charge >= 0.3 is 0 Å². The molecule has 3 aromatic heterocycles. The van der Waals surface area contributed by atoms with E-state index in [2.05, 4.69) is 20.3 Å². The average Bonchev–Trinajstić information content (AvgIpc) is 3.23. The van der Waals surface area contributed by atoms with E-state index in [1.807, 2.05) is 23.1 Å². The number of piperazine rings is 1. The normalized spacial score (nSPS) is 14.5. The van der Waals surface area contributed by atoms with Gasteiger partial charge in [0.05, 0.1) is 11.8 Å². The van der Waals surface area contributed by atoms with E-state index in [0.29, 0.717) is 32.0 Å². The van der Waals surface area contributed by atoms with Gasteiger partial charge in [-0.3, -0.25) is 9.78 Å². The minimum atomic E-state index is -0.597. The Balaban J connectivity index is 1.40. The van der Waals surface area contributed by atoms with E-state index < -0.39 is 5.82 Å². The Labute approximate surface area is 148 Å². The van der Waals surface area contributed by atoms with Crippen molar-refractivity contribution in [3.8, 4) is 5.82 Å². The van der Waals surface area contributed by atoms with Gasteiger partial charge in [0.1, 0.15) is 0 Å². The molecular formula is C17H16FN7O. The molecule has 4 rings (SSSR count). The molecule has 1 aliphatic heterocycles.